The van der Waals surface area contributed by atoms with Gasteiger partial charge in [0.25, 0.3) is 0 Å². The van der Waals surface area contributed by atoms with Gasteiger partial charge in [-0.2, -0.15) is 0 Å². The van der Waals surface area contributed by atoms with Crippen LogP contribution in [0.3, 0.4) is 0 Å². The minimum absolute atomic E-state index is 0.00517. The molecule has 0 unspecified atom stereocenters. The molecule has 236 valence electrons. The summed E-state index contributed by atoms with van der Waals surface area (Å²) in [7, 11) is 0. The lowest BCUT2D eigenvalue weighted by molar-refractivity contribution is -0.120. The van der Waals surface area contributed by atoms with Crippen LogP contribution in [-0.4, -0.2) is 38.2 Å². The molecule has 10 heteroatoms. The number of anilines is 3. The quantitative estimate of drug-likeness (QED) is 0.165. The number of halogens is 1. The second-order valence-electron chi connectivity index (χ2n) is 12.5. The molecular weight excluding hydrogens is 600 g/mol. The van der Waals surface area contributed by atoms with Gasteiger partial charge in [-0.15, -0.1) is 0 Å². The first-order chi connectivity index (χ1) is 22.1. The number of carbonyl (C=O) groups excluding carboxylic acids is 2. The van der Waals surface area contributed by atoms with Gasteiger partial charge in [0.15, 0.2) is 0 Å². The summed E-state index contributed by atoms with van der Waals surface area (Å²) >= 11 is 6.67. The van der Waals surface area contributed by atoms with Crippen LogP contribution in [-0.2, 0) is 9.53 Å². The van der Waals surface area contributed by atoms with E-state index in [0.29, 0.717) is 35.2 Å². The van der Waals surface area contributed by atoms with E-state index in [4.69, 9.17) is 21.3 Å². The van der Waals surface area contributed by atoms with Gasteiger partial charge in [-0.25, -0.2) is 14.8 Å². The summed E-state index contributed by atoms with van der Waals surface area (Å²) in [5.74, 6) is 0.219. The first-order valence-electron chi connectivity index (χ1n) is 15.5. The normalized spacial score (nSPS) is 16.5. The first-order valence-corrected chi connectivity index (χ1v) is 15.9. The Bertz CT molecular complexity index is 1860. The molecule has 0 radical (unpaired) electrons. The topological polar surface area (TPSA) is 110 Å². The minimum atomic E-state index is -0.545. The van der Waals surface area contributed by atoms with Crippen LogP contribution in [0.1, 0.15) is 46.5 Å². The van der Waals surface area contributed by atoms with Crippen LogP contribution < -0.4 is 16.0 Å². The number of benzene rings is 3. The fraction of sp³-hybridized carbons (Fsp3) is 0.278. The molecule has 5 aromatic rings. The summed E-state index contributed by atoms with van der Waals surface area (Å²) < 4.78 is 7.50. The van der Waals surface area contributed by atoms with E-state index in [2.05, 4.69) is 56.0 Å². The van der Waals surface area contributed by atoms with Crippen LogP contribution in [0, 0.1) is 5.92 Å². The van der Waals surface area contributed by atoms with Crippen LogP contribution in [0.15, 0.2) is 91.3 Å². The Kier molecular flexibility index (Phi) is 8.94. The molecule has 1 saturated carbocycles. The highest BCUT2D eigenvalue weighted by atomic mass is 35.5. The van der Waals surface area contributed by atoms with Crippen molar-refractivity contribution in [2.24, 2.45) is 5.92 Å². The summed E-state index contributed by atoms with van der Waals surface area (Å²) in [4.78, 5) is 34.5. The number of hydrogen-bond acceptors (Lipinski definition) is 6. The highest BCUT2D eigenvalue weighted by Crippen LogP contribution is 2.36. The Morgan fingerprint density at radius 1 is 0.913 bits per heavy atom. The van der Waals surface area contributed by atoms with E-state index >= 15 is 0 Å². The molecular formula is C36H37ClN6O3. The van der Waals surface area contributed by atoms with Crippen LogP contribution >= 0.6 is 11.6 Å². The van der Waals surface area contributed by atoms with Crippen molar-refractivity contribution >= 4 is 51.8 Å². The van der Waals surface area contributed by atoms with Crippen LogP contribution in [0.4, 0.5) is 22.1 Å². The summed E-state index contributed by atoms with van der Waals surface area (Å²) in [6, 6.07) is 25.8. The Morgan fingerprint density at radius 3 is 2.39 bits per heavy atom. The predicted molar refractivity (Wildman–Crippen MR) is 183 cm³/mol. The second-order valence-corrected chi connectivity index (χ2v) is 13.0. The maximum Gasteiger partial charge on any atom is 0.407 e. The Labute approximate surface area is 273 Å². The molecule has 1 aliphatic carbocycles. The highest BCUT2D eigenvalue weighted by Gasteiger charge is 2.28. The van der Waals surface area contributed by atoms with Crippen molar-refractivity contribution in [1.29, 1.82) is 0 Å². The van der Waals surface area contributed by atoms with E-state index in [-0.39, 0.29) is 17.9 Å². The maximum absolute atomic E-state index is 13.1. The van der Waals surface area contributed by atoms with E-state index in [1.165, 1.54) is 0 Å². The van der Waals surface area contributed by atoms with E-state index in [9.17, 15) is 9.59 Å². The van der Waals surface area contributed by atoms with Gasteiger partial charge >= 0.3 is 6.09 Å². The number of rotatable bonds is 7. The number of fused-ring (bicyclic) bond motifs is 1. The van der Waals surface area contributed by atoms with Crippen LogP contribution in [0.25, 0.3) is 27.8 Å². The number of amides is 2. The van der Waals surface area contributed by atoms with E-state index < -0.39 is 11.7 Å². The summed E-state index contributed by atoms with van der Waals surface area (Å²) in [6.07, 6.45) is 6.05. The zero-order chi connectivity index (χ0) is 32.3. The summed E-state index contributed by atoms with van der Waals surface area (Å²) in [5.41, 5.74) is 4.45. The predicted octanol–water partition coefficient (Wildman–Crippen LogP) is 8.51. The molecule has 2 amide bonds. The number of nitrogens with one attached hydrogen (secondary N) is 3. The average molecular weight is 637 g/mol. The summed E-state index contributed by atoms with van der Waals surface area (Å²) in [5, 5.41) is 10.7. The maximum atomic E-state index is 13.1. The number of para-hydroxylation sites is 2. The van der Waals surface area contributed by atoms with E-state index in [1.807, 2.05) is 75.4 Å². The largest absolute Gasteiger partial charge is 0.444 e. The van der Waals surface area contributed by atoms with Gasteiger partial charge in [0.05, 0.1) is 22.4 Å². The van der Waals surface area contributed by atoms with E-state index in [0.717, 1.165) is 40.7 Å². The van der Waals surface area contributed by atoms with Crippen molar-refractivity contribution in [1.82, 2.24) is 19.9 Å². The average Bonchev–Trinajstić information content (AvgIpc) is 3.41. The van der Waals surface area contributed by atoms with Crippen molar-refractivity contribution < 1.29 is 14.3 Å². The monoisotopic (exact) mass is 636 g/mol. The van der Waals surface area contributed by atoms with Gasteiger partial charge in [0.2, 0.25) is 11.9 Å². The molecule has 2 aromatic heterocycles. The van der Waals surface area contributed by atoms with Crippen LogP contribution in [0.5, 0.6) is 0 Å². The molecule has 0 aliphatic heterocycles. The number of ether oxygens (including phenoxy) is 1. The van der Waals surface area contributed by atoms with Crippen molar-refractivity contribution in [2.45, 2.75) is 58.1 Å². The number of aromatic nitrogens is 3. The first kappa shape index (κ1) is 31.1. The van der Waals surface area contributed by atoms with Crippen molar-refractivity contribution in [3.05, 3.63) is 96.3 Å². The molecule has 0 spiro atoms. The van der Waals surface area contributed by atoms with Gasteiger partial charge in [-0.1, -0.05) is 54.1 Å². The zero-order valence-corrected chi connectivity index (χ0v) is 26.8. The SMILES string of the molecule is CC(C)(C)OC(=O)N[C@H]1CC[C@@H](C(=O)Nc2cccc(Nc3ncc(Cl)c(-c4cn(-c5ccccc5)c5ccccc45)n3)c2)CC1. The zero-order valence-electron chi connectivity index (χ0n) is 26.1. The van der Waals surface area contributed by atoms with Crippen LogP contribution in [0.2, 0.25) is 5.02 Å². The fourth-order valence-corrected chi connectivity index (χ4v) is 6.00. The standard InChI is InChI=1S/C36H37ClN6O3/c1-36(2,3)46-35(45)41-24-18-16-23(17-19-24)33(44)39-25-10-9-11-26(20-25)40-34-38-21-30(37)32(42-34)29-22-43(27-12-5-4-6-13-27)31-15-8-7-14-28(29)31/h4-15,20-24H,16-19H2,1-3H3,(H,39,44)(H,41,45)(H,38,40,42)/t23-,24+. The van der Waals surface area contributed by atoms with Crippen molar-refractivity contribution in [3.8, 4) is 16.9 Å². The molecule has 1 aliphatic rings. The number of nitrogens with zero attached hydrogens (tertiary/aromatic N) is 3. The van der Waals surface area contributed by atoms with Gasteiger partial charge < -0.3 is 25.3 Å². The lowest BCUT2D eigenvalue weighted by Gasteiger charge is -2.29. The lowest BCUT2D eigenvalue weighted by atomic mass is 9.85. The number of hydrogen-bond donors (Lipinski definition) is 3. The molecule has 0 saturated heterocycles. The Balaban J connectivity index is 1.13. The Hall–Kier alpha value is -4.89. The molecule has 0 atom stereocenters. The Morgan fingerprint density at radius 2 is 1.63 bits per heavy atom. The molecule has 1 fully saturated rings. The third-order valence-corrected chi connectivity index (χ3v) is 8.23. The molecule has 3 N–H and O–H groups in total. The van der Waals surface area contributed by atoms with Gasteiger partial charge in [0.1, 0.15) is 5.60 Å². The van der Waals surface area contributed by atoms with Crippen molar-refractivity contribution in [2.75, 3.05) is 10.6 Å². The smallest absolute Gasteiger partial charge is 0.407 e. The third-order valence-electron chi connectivity index (χ3n) is 7.95. The fourth-order valence-electron chi connectivity index (χ4n) is 5.81. The number of alkyl carbamates (subject to hydrolysis) is 1. The molecule has 0 bridgehead atoms. The highest BCUT2D eigenvalue weighted by molar-refractivity contribution is 6.33. The molecule has 46 heavy (non-hydrogen) atoms. The van der Waals surface area contributed by atoms with E-state index in [1.54, 1.807) is 6.20 Å². The van der Waals surface area contributed by atoms with Gasteiger partial charge in [-0.05, 0) is 82.9 Å². The number of carbonyl (C=O) groups is 2. The minimum Gasteiger partial charge on any atom is -0.444 e. The molecule has 6 rings (SSSR count). The van der Waals surface area contributed by atoms with Crippen molar-refractivity contribution in [3.63, 3.8) is 0 Å². The molecule has 9 nitrogen and oxygen atoms in total. The third kappa shape index (κ3) is 7.32. The summed E-state index contributed by atoms with van der Waals surface area (Å²) in [6.45, 7) is 5.52. The van der Waals surface area contributed by atoms with Gasteiger partial charge in [-0.3, -0.25) is 4.79 Å². The van der Waals surface area contributed by atoms with Gasteiger partial charge in [0, 0.05) is 46.2 Å². The lowest BCUT2D eigenvalue weighted by Crippen LogP contribution is -2.42. The second kappa shape index (κ2) is 13.2. The molecule has 2 heterocycles. The molecule has 3 aromatic carbocycles.